The Morgan fingerprint density at radius 1 is 1.00 bits per heavy atom. The van der Waals surface area contributed by atoms with Gasteiger partial charge in [0.25, 0.3) is 0 Å². The standard InChI is InChI=1S/C16H15NO2S/c18-16(19)11-20-10-9-17-14-7-3-1-5-12(14)13-6-2-4-8-15(13)17/h1-8H,9-11H2,(H,18,19)/p-1. The maximum absolute atomic E-state index is 10.4. The van der Waals surface area contributed by atoms with E-state index in [4.69, 9.17) is 0 Å². The molecule has 0 amide bonds. The van der Waals surface area contributed by atoms with E-state index in [0.29, 0.717) is 0 Å². The number of fused-ring (bicyclic) bond motifs is 3. The van der Waals surface area contributed by atoms with Crippen LogP contribution in [0.4, 0.5) is 0 Å². The van der Waals surface area contributed by atoms with E-state index in [2.05, 4.69) is 28.8 Å². The Morgan fingerprint density at radius 2 is 1.55 bits per heavy atom. The van der Waals surface area contributed by atoms with Crippen molar-refractivity contribution in [1.82, 2.24) is 4.57 Å². The van der Waals surface area contributed by atoms with Gasteiger partial charge in [-0.05, 0) is 12.1 Å². The van der Waals surface area contributed by atoms with Crippen molar-refractivity contribution in [2.24, 2.45) is 0 Å². The number of aliphatic carboxylic acids is 1. The van der Waals surface area contributed by atoms with Gasteiger partial charge in [-0.1, -0.05) is 36.4 Å². The molecule has 0 atom stereocenters. The van der Waals surface area contributed by atoms with Gasteiger partial charge in [-0.3, -0.25) is 0 Å². The molecule has 0 aliphatic carbocycles. The zero-order chi connectivity index (χ0) is 13.9. The molecule has 0 radical (unpaired) electrons. The van der Waals surface area contributed by atoms with Gasteiger partial charge >= 0.3 is 0 Å². The molecule has 0 aliphatic heterocycles. The van der Waals surface area contributed by atoms with E-state index < -0.39 is 5.97 Å². The van der Waals surface area contributed by atoms with Gasteiger partial charge in [-0.15, -0.1) is 0 Å². The molecular formula is C16H14NO2S-. The smallest absolute Gasteiger partial charge is 0.0513 e. The molecule has 20 heavy (non-hydrogen) atoms. The van der Waals surface area contributed by atoms with Crippen LogP contribution in [-0.2, 0) is 11.3 Å². The first-order valence-corrected chi connectivity index (χ1v) is 7.66. The molecule has 2 aromatic carbocycles. The zero-order valence-corrected chi connectivity index (χ0v) is 11.7. The van der Waals surface area contributed by atoms with Gasteiger partial charge in [0.15, 0.2) is 0 Å². The van der Waals surface area contributed by atoms with Crippen LogP contribution in [0, 0.1) is 0 Å². The van der Waals surface area contributed by atoms with Crippen molar-refractivity contribution >= 4 is 39.5 Å². The summed E-state index contributed by atoms with van der Waals surface area (Å²) in [7, 11) is 0. The third kappa shape index (κ3) is 2.39. The first-order valence-electron chi connectivity index (χ1n) is 6.51. The molecule has 0 spiro atoms. The number of aromatic nitrogens is 1. The van der Waals surface area contributed by atoms with Crippen molar-refractivity contribution in [2.45, 2.75) is 6.54 Å². The van der Waals surface area contributed by atoms with Crippen LogP contribution in [0.1, 0.15) is 0 Å². The normalized spacial score (nSPS) is 11.2. The SMILES string of the molecule is O=C([O-])CSCCn1c2ccccc2c2ccccc21. The number of rotatable bonds is 5. The highest BCUT2D eigenvalue weighted by Gasteiger charge is 2.08. The number of carboxylic acid groups (broad SMARTS) is 1. The number of benzene rings is 2. The van der Waals surface area contributed by atoms with E-state index in [1.807, 2.05) is 24.3 Å². The Kier molecular flexibility index (Phi) is 3.65. The van der Waals surface area contributed by atoms with Gasteiger partial charge in [0.2, 0.25) is 0 Å². The Labute approximate surface area is 121 Å². The van der Waals surface area contributed by atoms with Gasteiger partial charge < -0.3 is 14.5 Å². The summed E-state index contributed by atoms with van der Waals surface area (Å²) in [6.07, 6.45) is 0. The summed E-state index contributed by atoms with van der Waals surface area (Å²) in [5, 5.41) is 12.9. The maximum Gasteiger partial charge on any atom is 0.0513 e. The number of nitrogens with zero attached hydrogens (tertiary/aromatic N) is 1. The quantitative estimate of drug-likeness (QED) is 0.675. The highest BCUT2D eigenvalue weighted by Crippen LogP contribution is 2.28. The van der Waals surface area contributed by atoms with Crippen LogP contribution in [0.25, 0.3) is 21.8 Å². The van der Waals surface area contributed by atoms with Crippen molar-refractivity contribution in [2.75, 3.05) is 11.5 Å². The molecule has 0 saturated heterocycles. The van der Waals surface area contributed by atoms with Crippen LogP contribution in [0.15, 0.2) is 48.5 Å². The third-order valence-corrected chi connectivity index (χ3v) is 4.27. The second-order valence-electron chi connectivity index (χ2n) is 4.61. The Bertz CT molecular complexity index is 710. The molecule has 1 heterocycles. The van der Waals surface area contributed by atoms with Crippen molar-refractivity contribution in [3.8, 4) is 0 Å². The van der Waals surface area contributed by atoms with Crippen LogP contribution in [0.5, 0.6) is 0 Å². The summed E-state index contributed by atoms with van der Waals surface area (Å²) in [6.45, 7) is 0.798. The number of carbonyl (C=O) groups excluding carboxylic acids is 1. The van der Waals surface area contributed by atoms with Gasteiger partial charge in [-0.25, -0.2) is 0 Å². The molecule has 3 rings (SSSR count). The molecule has 4 heteroatoms. The fourth-order valence-electron chi connectivity index (χ4n) is 2.56. The summed E-state index contributed by atoms with van der Waals surface area (Å²) < 4.78 is 2.26. The Hall–Kier alpha value is -1.94. The van der Waals surface area contributed by atoms with Gasteiger partial charge in [0.1, 0.15) is 0 Å². The molecular weight excluding hydrogens is 270 g/mol. The molecule has 0 N–H and O–H groups in total. The van der Waals surface area contributed by atoms with E-state index in [1.54, 1.807) is 0 Å². The maximum atomic E-state index is 10.4. The molecule has 0 aliphatic rings. The topological polar surface area (TPSA) is 45.1 Å². The summed E-state index contributed by atoms with van der Waals surface area (Å²) in [4.78, 5) is 10.4. The van der Waals surface area contributed by atoms with Crippen LogP contribution >= 0.6 is 11.8 Å². The lowest BCUT2D eigenvalue weighted by Crippen LogP contribution is -2.24. The predicted octanol–water partition coefficient (Wildman–Crippen LogP) is 2.28. The van der Waals surface area contributed by atoms with Crippen molar-refractivity contribution in [3.63, 3.8) is 0 Å². The van der Waals surface area contributed by atoms with Crippen LogP contribution in [0.3, 0.4) is 0 Å². The average Bonchev–Trinajstić information content (AvgIpc) is 2.78. The minimum absolute atomic E-state index is 0.0527. The largest absolute Gasteiger partial charge is 0.549 e. The van der Waals surface area contributed by atoms with E-state index >= 15 is 0 Å². The Morgan fingerprint density at radius 3 is 2.10 bits per heavy atom. The highest BCUT2D eigenvalue weighted by atomic mass is 32.2. The number of carboxylic acids is 1. The molecule has 1 aromatic heterocycles. The number of hydrogen-bond donors (Lipinski definition) is 0. The van der Waals surface area contributed by atoms with E-state index in [0.717, 1.165) is 12.3 Å². The van der Waals surface area contributed by atoms with Crippen molar-refractivity contribution in [3.05, 3.63) is 48.5 Å². The number of hydrogen-bond acceptors (Lipinski definition) is 3. The van der Waals surface area contributed by atoms with Gasteiger partial charge in [-0.2, -0.15) is 11.8 Å². The zero-order valence-electron chi connectivity index (χ0n) is 10.9. The summed E-state index contributed by atoms with van der Waals surface area (Å²) in [5.41, 5.74) is 2.39. The minimum atomic E-state index is -1.00. The molecule has 3 aromatic rings. The molecule has 102 valence electrons. The van der Waals surface area contributed by atoms with Crippen LogP contribution in [-0.4, -0.2) is 22.0 Å². The summed E-state index contributed by atoms with van der Waals surface area (Å²) >= 11 is 1.39. The van der Waals surface area contributed by atoms with Crippen LogP contribution in [0.2, 0.25) is 0 Å². The molecule has 0 saturated carbocycles. The lowest BCUT2D eigenvalue weighted by Gasteiger charge is -2.07. The van der Waals surface area contributed by atoms with Crippen LogP contribution < -0.4 is 5.11 Å². The number of carbonyl (C=O) groups is 1. The number of para-hydroxylation sites is 2. The fourth-order valence-corrected chi connectivity index (χ4v) is 3.18. The molecule has 0 fully saturated rings. The molecule has 0 unspecified atom stereocenters. The first kappa shape index (κ1) is 13.1. The Balaban J connectivity index is 1.97. The number of thioether (sulfide) groups is 1. The highest BCUT2D eigenvalue weighted by molar-refractivity contribution is 7.99. The third-order valence-electron chi connectivity index (χ3n) is 3.36. The lowest BCUT2D eigenvalue weighted by atomic mass is 10.2. The number of aryl methyl sites for hydroxylation is 1. The van der Waals surface area contributed by atoms with E-state index in [-0.39, 0.29) is 5.75 Å². The second-order valence-corrected chi connectivity index (χ2v) is 5.72. The second kappa shape index (κ2) is 5.59. The predicted molar refractivity (Wildman–Crippen MR) is 81.8 cm³/mol. The summed E-state index contributed by atoms with van der Waals surface area (Å²) in [5.74, 6) is -0.189. The van der Waals surface area contributed by atoms with Crippen molar-refractivity contribution < 1.29 is 9.90 Å². The fraction of sp³-hybridized carbons (Fsp3) is 0.188. The molecule has 3 nitrogen and oxygen atoms in total. The average molecular weight is 284 g/mol. The van der Waals surface area contributed by atoms with E-state index in [1.165, 1.54) is 33.6 Å². The van der Waals surface area contributed by atoms with E-state index in [9.17, 15) is 9.90 Å². The van der Waals surface area contributed by atoms with Gasteiger partial charge in [0.05, 0.1) is 5.97 Å². The summed E-state index contributed by atoms with van der Waals surface area (Å²) in [6, 6.07) is 16.6. The first-order chi connectivity index (χ1) is 9.77. The van der Waals surface area contributed by atoms with Gasteiger partial charge in [0, 0.05) is 39.9 Å². The lowest BCUT2D eigenvalue weighted by molar-refractivity contribution is -0.301. The monoisotopic (exact) mass is 284 g/mol. The van der Waals surface area contributed by atoms with Crippen molar-refractivity contribution in [1.29, 1.82) is 0 Å². The molecule has 0 bridgehead atoms. The minimum Gasteiger partial charge on any atom is -0.549 e.